The van der Waals surface area contributed by atoms with Gasteiger partial charge in [0.1, 0.15) is 5.75 Å². The first-order valence-corrected chi connectivity index (χ1v) is 14.8. The summed E-state index contributed by atoms with van der Waals surface area (Å²) in [5.41, 5.74) is 1.10. The lowest BCUT2D eigenvalue weighted by atomic mass is 10.2. The smallest absolute Gasteiger partial charge is 0.409 e. The number of ether oxygens (including phenoxy) is 2. The van der Waals surface area contributed by atoms with Crippen molar-refractivity contribution in [3.05, 3.63) is 48.0 Å². The molecule has 40 heavy (non-hydrogen) atoms. The topological polar surface area (TPSA) is 113 Å². The third-order valence-corrected chi connectivity index (χ3v) is 9.31. The number of piperazine rings is 1. The van der Waals surface area contributed by atoms with Crippen molar-refractivity contribution in [2.75, 3.05) is 72.0 Å². The molecule has 1 aromatic heterocycles. The van der Waals surface area contributed by atoms with Gasteiger partial charge in [-0.1, -0.05) is 11.3 Å². The number of nitrogens with zero attached hydrogens (tertiary/aromatic N) is 5. The van der Waals surface area contributed by atoms with Crippen molar-refractivity contribution < 1.29 is 27.5 Å². The zero-order chi connectivity index (χ0) is 28.2. The van der Waals surface area contributed by atoms with Crippen molar-refractivity contribution in [1.29, 1.82) is 0 Å². The Labute approximate surface area is 244 Å². The van der Waals surface area contributed by atoms with Crippen molar-refractivity contribution in [2.45, 2.75) is 11.8 Å². The molecule has 1 fully saturated rings. The summed E-state index contributed by atoms with van der Waals surface area (Å²) in [6.07, 6.45) is -0.441. The summed E-state index contributed by atoms with van der Waals surface area (Å²) in [6.45, 7) is 3.87. The van der Waals surface area contributed by atoms with E-state index in [0.29, 0.717) is 29.5 Å². The van der Waals surface area contributed by atoms with Crippen LogP contribution < -0.4 is 9.64 Å². The molecular weight excluding hydrogens is 578 g/mol. The largest absolute Gasteiger partial charge is 0.497 e. The number of thiazole rings is 1. The summed E-state index contributed by atoms with van der Waals surface area (Å²) in [4.78, 5) is 35.4. The van der Waals surface area contributed by atoms with Crippen molar-refractivity contribution in [2.24, 2.45) is 0 Å². The Morgan fingerprint density at radius 1 is 1.02 bits per heavy atom. The molecular formula is C26H34ClN5O6S2. The fourth-order valence-electron chi connectivity index (χ4n) is 4.12. The average molecular weight is 612 g/mol. The fraction of sp³-hybridized carbons (Fsp3) is 0.423. The lowest BCUT2D eigenvalue weighted by Crippen LogP contribution is -2.50. The van der Waals surface area contributed by atoms with Gasteiger partial charge in [-0.3, -0.25) is 9.69 Å². The lowest BCUT2D eigenvalue weighted by molar-refractivity contribution is 0.0933. The van der Waals surface area contributed by atoms with Crippen LogP contribution in [0.15, 0.2) is 47.4 Å². The monoisotopic (exact) mass is 611 g/mol. The molecule has 0 atom stereocenters. The molecule has 1 aliphatic rings. The van der Waals surface area contributed by atoms with Crippen LogP contribution in [-0.4, -0.2) is 107 Å². The predicted octanol–water partition coefficient (Wildman–Crippen LogP) is 3.40. The molecule has 0 N–H and O–H groups in total. The maximum absolute atomic E-state index is 13.6. The highest BCUT2D eigenvalue weighted by molar-refractivity contribution is 7.89. The van der Waals surface area contributed by atoms with Crippen LogP contribution in [0.2, 0.25) is 0 Å². The van der Waals surface area contributed by atoms with Crippen LogP contribution in [-0.2, 0) is 14.8 Å². The molecule has 14 heteroatoms. The number of hydrogen-bond acceptors (Lipinski definition) is 9. The van der Waals surface area contributed by atoms with Crippen molar-refractivity contribution in [1.82, 2.24) is 19.1 Å². The van der Waals surface area contributed by atoms with Gasteiger partial charge in [0.15, 0.2) is 5.13 Å². The number of benzene rings is 2. The second-order valence-electron chi connectivity index (χ2n) is 9.20. The van der Waals surface area contributed by atoms with Gasteiger partial charge >= 0.3 is 6.09 Å². The zero-order valence-corrected chi connectivity index (χ0v) is 25.4. The number of carbonyl (C=O) groups excluding carboxylic acids is 2. The number of rotatable bonds is 9. The summed E-state index contributed by atoms with van der Waals surface area (Å²) < 4.78 is 39.0. The second kappa shape index (κ2) is 13.6. The van der Waals surface area contributed by atoms with E-state index in [4.69, 9.17) is 9.47 Å². The minimum Gasteiger partial charge on any atom is -0.497 e. The van der Waals surface area contributed by atoms with Gasteiger partial charge in [0.05, 0.1) is 28.8 Å². The Bertz CT molecular complexity index is 1420. The van der Waals surface area contributed by atoms with Crippen LogP contribution >= 0.6 is 23.7 Å². The van der Waals surface area contributed by atoms with Gasteiger partial charge in [0.2, 0.25) is 10.0 Å². The number of hydrogen-bond donors (Lipinski definition) is 0. The third kappa shape index (κ3) is 7.02. The Morgan fingerprint density at radius 3 is 2.30 bits per heavy atom. The molecule has 0 saturated carbocycles. The lowest BCUT2D eigenvalue weighted by Gasteiger charge is -2.33. The molecule has 2 aromatic carbocycles. The van der Waals surface area contributed by atoms with E-state index in [0.717, 1.165) is 10.2 Å². The molecule has 0 bridgehead atoms. The van der Waals surface area contributed by atoms with Gasteiger partial charge in [0.25, 0.3) is 5.91 Å². The molecule has 1 aliphatic heterocycles. The third-order valence-electron chi connectivity index (χ3n) is 6.33. The molecule has 4 rings (SSSR count). The SMILES string of the molecule is CCOC(=O)N1CCN(S(=O)(=O)c2ccc(C(=O)N(CCN(C)C)c3nc4cc(OC)ccc4s3)cc2)CC1.Cl. The highest BCUT2D eigenvalue weighted by atomic mass is 35.5. The second-order valence-corrected chi connectivity index (χ2v) is 12.2. The first-order chi connectivity index (χ1) is 18.6. The number of anilines is 1. The standard InChI is InChI=1S/C26H33N5O6S2.ClH/c1-5-37-26(33)29-13-15-30(16-14-29)39(34,35)21-9-6-19(7-10-21)24(32)31(17-12-28(2)3)25-27-22-18-20(36-4)8-11-23(22)38-25;/h6-11,18H,5,12-17H2,1-4H3;1H. The number of methoxy groups -OCH3 is 1. The van der Waals surface area contributed by atoms with E-state index in [2.05, 4.69) is 4.98 Å². The Balaban J connectivity index is 0.00000441. The van der Waals surface area contributed by atoms with E-state index in [1.54, 1.807) is 18.9 Å². The Morgan fingerprint density at radius 2 is 1.70 bits per heavy atom. The van der Waals surface area contributed by atoms with Crippen LogP contribution in [0.5, 0.6) is 5.75 Å². The summed E-state index contributed by atoms with van der Waals surface area (Å²) in [7, 11) is 1.67. The van der Waals surface area contributed by atoms with E-state index >= 15 is 0 Å². The molecule has 218 valence electrons. The number of aromatic nitrogens is 1. The number of carbonyl (C=O) groups is 2. The molecule has 1 saturated heterocycles. The molecule has 2 heterocycles. The highest BCUT2D eigenvalue weighted by Gasteiger charge is 2.31. The van der Waals surface area contributed by atoms with E-state index in [-0.39, 0.29) is 56.0 Å². The normalized spacial score (nSPS) is 14.2. The highest BCUT2D eigenvalue weighted by Crippen LogP contribution is 2.32. The number of halogens is 1. The summed E-state index contributed by atoms with van der Waals surface area (Å²) in [5, 5.41) is 0.557. The molecule has 0 aliphatic carbocycles. The van der Waals surface area contributed by atoms with Crippen molar-refractivity contribution in [3.63, 3.8) is 0 Å². The molecule has 11 nitrogen and oxygen atoms in total. The zero-order valence-electron chi connectivity index (χ0n) is 22.9. The van der Waals surface area contributed by atoms with E-state index in [9.17, 15) is 18.0 Å². The van der Waals surface area contributed by atoms with Crippen LogP contribution in [0.1, 0.15) is 17.3 Å². The molecule has 0 unspecified atom stereocenters. The van der Waals surface area contributed by atoms with E-state index < -0.39 is 16.1 Å². The Kier molecular flexibility index (Phi) is 10.7. The molecule has 2 amide bonds. The van der Waals surface area contributed by atoms with Crippen LogP contribution in [0.4, 0.5) is 9.93 Å². The van der Waals surface area contributed by atoms with Crippen molar-refractivity contribution >= 4 is 61.1 Å². The van der Waals surface area contributed by atoms with Gasteiger partial charge in [-0.2, -0.15) is 4.31 Å². The van der Waals surface area contributed by atoms with Crippen LogP contribution in [0.25, 0.3) is 10.2 Å². The van der Waals surface area contributed by atoms with Crippen LogP contribution in [0, 0.1) is 0 Å². The van der Waals surface area contributed by atoms with Gasteiger partial charge < -0.3 is 19.3 Å². The summed E-state index contributed by atoms with van der Waals surface area (Å²) >= 11 is 1.41. The summed E-state index contributed by atoms with van der Waals surface area (Å²) in [5.74, 6) is 0.416. The average Bonchev–Trinajstić information content (AvgIpc) is 3.36. The molecule has 3 aromatic rings. The number of amides is 2. The van der Waals surface area contributed by atoms with Gasteiger partial charge in [-0.05, 0) is 57.4 Å². The van der Waals surface area contributed by atoms with Gasteiger partial charge in [-0.25, -0.2) is 18.2 Å². The quantitative estimate of drug-likeness (QED) is 0.362. The number of fused-ring (bicyclic) bond motifs is 1. The van der Waals surface area contributed by atoms with E-state index in [1.807, 2.05) is 37.2 Å². The first kappa shape index (κ1) is 31.6. The van der Waals surface area contributed by atoms with E-state index in [1.165, 1.54) is 44.8 Å². The molecule has 0 spiro atoms. The van der Waals surface area contributed by atoms with Crippen LogP contribution in [0.3, 0.4) is 0 Å². The predicted molar refractivity (Wildman–Crippen MR) is 157 cm³/mol. The van der Waals surface area contributed by atoms with Gasteiger partial charge in [-0.15, -0.1) is 12.4 Å². The maximum atomic E-state index is 13.6. The van der Waals surface area contributed by atoms with Gasteiger partial charge in [0, 0.05) is 50.9 Å². The number of likely N-dealkylation sites (N-methyl/N-ethyl adjacent to an activating group) is 1. The fourth-order valence-corrected chi connectivity index (χ4v) is 6.51. The molecule has 0 radical (unpaired) electrons. The number of sulfonamides is 1. The van der Waals surface area contributed by atoms with Crippen molar-refractivity contribution in [3.8, 4) is 5.75 Å². The first-order valence-electron chi connectivity index (χ1n) is 12.6. The maximum Gasteiger partial charge on any atom is 0.409 e. The Hall–Kier alpha value is -2.97. The minimum absolute atomic E-state index is 0. The minimum atomic E-state index is -3.78. The summed E-state index contributed by atoms with van der Waals surface area (Å²) in [6, 6.07) is 11.6.